The molecule has 1 aliphatic heterocycles. The molecule has 0 spiro atoms. The number of ether oxygens (including phenoxy) is 1. The molecule has 0 atom stereocenters. The second-order valence-electron chi connectivity index (χ2n) is 5.90. The minimum atomic E-state index is -2.92. The highest BCUT2D eigenvalue weighted by Gasteiger charge is 2.34. The summed E-state index contributed by atoms with van der Waals surface area (Å²) >= 11 is 0.781. The minimum Gasteiger partial charge on any atom is -0.435 e. The Morgan fingerprint density at radius 1 is 1.10 bits per heavy atom. The van der Waals surface area contributed by atoms with Crippen LogP contribution in [0.1, 0.15) is 15.9 Å². The van der Waals surface area contributed by atoms with Crippen LogP contribution in [0.5, 0.6) is 5.75 Å². The van der Waals surface area contributed by atoms with Crippen molar-refractivity contribution in [2.45, 2.75) is 6.61 Å². The van der Waals surface area contributed by atoms with Gasteiger partial charge in [-0.15, -0.1) is 0 Å². The fourth-order valence-corrected chi connectivity index (χ4v) is 3.43. The van der Waals surface area contributed by atoms with Crippen molar-refractivity contribution in [3.63, 3.8) is 0 Å². The molecule has 2 aromatic rings. The molecule has 0 aromatic heterocycles. The number of nitrogens with one attached hydrogen (secondary N) is 1. The van der Waals surface area contributed by atoms with Crippen molar-refractivity contribution in [1.29, 1.82) is 0 Å². The van der Waals surface area contributed by atoms with Crippen LogP contribution >= 0.6 is 11.8 Å². The largest absolute Gasteiger partial charge is 0.435 e. The van der Waals surface area contributed by atoms with Crippen LogP contribution in [-0.2, 0) is 4.79 Å². The Kier molecular flexibility index (Phi) is 6.61. The number of carbonyl (C=O) groups excluding carboxylic acids is 3. The molecule has 0 aliphatic carbocycles. The van der Waals surface area contributed by atoms with E-state index in [0.29, 0.717) is 11.1 Å². The number of amides is 3. The zero-order valence-electron chi connectivity index (χ0n) is 15.0. The molecule has 1 saturated heterocycles. The van der Waals surface area contributed by atoms with Crippen LogP contribution in [0.4, 0.5) is 13.6 Å². The van der Waals surface area contributed by atoms with Gasteiger partial charge in [0.05, 0.1) is 4.91 Å². The van der Waals surface area contributed by atoms with E-state index in [4.69, 9.17) is 0 Å². The van der Waals surface area contributed by atoms with Gasteiger partial charge >= 0.3 is 6.61 Å². The Hall–Kier alpha value is -3.20. The Bertz CT molecular complexity index is 933. The molecule has 1 N–H and O–H groups in total. The van der Waals surface area contributed by atoms with Gasteiger partial charge in [0.2, 0.25) is 0 Å². The SMILES string of the molecule is O=C(NCCN1C(=O)SC(=Cc2ccc(OC(F)F)cc2)C1=O)c1ccccc1. The third kappa shape index (κ3) is 5.41. The first-order valence-electron chi connectivity index (χ1n) is 8.57. The third-order valence-electron chi connectivity index (χ3n) is 3.93. The minimum absolute atomic E-state index is 0.000544. The highest BCUT2D eigenvalue weighted by atomic mass is 32.2. The molecule has 0 radical (unpaired) electrons. The third-order valence-corrected chi connectivity index (χ3v) is 4.84. The molecule has 2 aromatic carbocycles. The summed E-state index contributed by atoms with van der Waals surface area (Å²) in [6.45, 7) is -2.75. The molecule has 9 heteroatoms. The fourth-order valence-electron chi connectivity index (χ4n) is 2.56. The van der Waals surface area contributed by atoms with Gasteiger partial charge < -0.3 is 10.1 Å². The molecule has 6 nitrogen and oxygen atoms in total. The maximum absolute atomic E-state index is 12.5. The van der Waals surface area contributed by atoms with Gasteiger partial charge in [-0.05, 0) is 47.7 Å². The fraction of sp³-hybridized carbons (Fsp3) is 0.150. The molecule has 150 valence electrons. The summed E-state index contributed by atoms with van der Waals surface area (Å²) in [6, 6.07) is 14.3. The number of carbonyl (C=O) groups is 3. The van der Waals surface area contributed by atoms with Crippen LogP contribution in [0, 0.1) is 0 Å². The van der Waals surface area contributed by atoms with E-state index in [2.05, 4.69) is 10.1 Å². The maximum Gasteiger partial charge on any atom is 0.387 e. The monoisotopic (exact) mass is 418 g/mol. The molecule has 1 fully saturated rings. The van der Waals surface area contributed by atoms with E-state index in [-0.39, 0.29) is 29.7 Å². The van der Waals surface area contributed by atoms with Crippen molar-refractivity contribution in [2.75, 3.05) is 13.1 Å². The van der Waals surface area contributed by atoms with Crippen LogP contribution in [0.25, 0.3) is 6.08 Å². The molecule has 1 aliphatic rings. The molecule has 1 heterocycles. The van der Waals surface area contributed by atoms with Gasteiger partial charge in [-0.25, -0.2) is 0 Å². The van der Waals surface area contributed by atoms with Crippen molar-refractivity contribution in [1.82, 2.24) is 10.2 Å². The van der Waals surface area contributed by atoms with Crippen LogP contribution in [-0.4, -0.2) is 41.7 Å². The van der Waals surface area contributed by atoms with E-state index >= 15 is 0 Å². The lowest BCUT2D eigenvalue weighted by atomic mass is 10.2. The van der Waals surface area contributed by atoms with Crippen LogP contribution in [0.2, 0.25) is 0 Å². The van der Waals surface area contributed by atoms with Gasteiger partial charge in [0.15, 0.2) is 0 Å². The van der Waals surface area contributed by atoms with E-state index in [0.717, 1.165) is 16.7 Å². The molecule has 0 saturated carbocycles. The number of alkyl halides is 2. The number of benzene rings is 2. The second kappa shape index (κ2) is 9.33. The number of rotatable bonds is 7. The van der Waals surface area contributed by atoms with Crippen molar-refractivity contribution >= 4 is 34.9 Å². The summed E-state index contributed by atoms with van der Waals surface area (Å²) in [4.78, 5) is 37.8. The van der Waals surface area contributed by atoms with Gasteiger partial charge in [-0.3, -0.25) is 19.3 Å². The van der Waals surface area contributed by atoms with E-state index in [1.807, 2.05) is 0 Å². The Labute approximate surface area is 169 Å². The maximum atomic E-state index is 12.5. The zero-order valence-corrected chi connectivity index (χ0v) is 15.8. The zero-order chi connectivity index (χ0) is 20.8. The Morgan fingerprint density at radius 3 is 2.45 bits per heavy atom. The van der Waals surface area contributed by atoms with Crippen LogP contribution in [0.3, 0.4) is 0 Å². The lowest BCUT2D eigenvalue weighted by molar-refractivity contribution is -0.122. The van der Waals surface area contributed by atoms with E-state index in [1.165, 1.54) is 30.3 Å². The van der Waals surface area contributed by atoms with E-state index in [9.17, 15) is 23.2 Å². The first-order chi connectivity index (χ1) is 13.9. The van der Waals surface area contributed by atoms with Gasteiger partial charge in [0, 0.05) is 18.7 Å². The number of imide groups is 1. The van der Waals surface area contributed by atoms with Gasteiger partial charge in [0.1, 0.15) is 5.75 Å². The predicted molar refractivity (Wildman–Crippen MR) is 105 cm³/mol. The van der Waals surface area contributed by atoms with E-state index in [1.54, 1.807) is 30.3 Å². The van der Waals surface area contributed by atoms with Gasteiger partial charge in [-0.2, -0.15) is 8.78 Å². The average molecular weight is 418 g/mol. The summed E-state index contributed by atoms with van der Waals surface area (Å²) in [5.41, 5.74) is 1.05. The second-order valence-corrected chi connectivity index (χ2v) is 6.90. The predicted octanol–water partition coefficient (Wildman–Crippen LogP) is 3.75. The van der Waals surface area contributed by atoms with Crippen molar-refractivity contribution in [2.24, 2.45) is 0 Å². The summed E-state index contributed by atoms with van der Waals surface area (Å²) in [7, 11) is 0. The summed E-state index contributed by atoms with van der Waals surface area (Å²) in [5, 5.41) is 2.23. The molecule has 29 heavy (non-hydrogen) atoms. The summed E-state index contributed by atoms with van der Waals surface area (Å²) < 4.78 is 28.6. The standard InChI is InChI=1S/C20H16F2N2O4S/c21-19(22)28-15-8-6-13(7-9-15)12-16-18(26)24(20(27)29-16)11-10-23-17(25)14-4-2-1-3-5-14/h1-9,12,19H,10-11H2,(H,23,25). The van der Waals surface area contributed by atoms with Crippen molar-refractivity contribution in [3.8, 4) is 5.75 Å². The highest BCUT2D eigenvalue weighted by molar-refractivity contribution is 8.18. The van der Waals surface area contributed by atoms with Crippen LogP contribution < -0.4 is 10.1 Å². The Balaban J connectivity index is 1.57. The van der Waals surface area contributed by atoms with Crippen molar-refractivity contribution in [3.05, 3.63) is 70.6 Å². The van der Waals surface area contributed by atoms with Gasteiger partial charge in [-0.1, -0.05) is 30.3 Å². The topological polar surface area (TPSA) is 75.7 Å². The molecule has 0 bridgehead atoms. The lowest BCUT2D eigenvalue weighted by Crippen LogP contribution is -2.37. The molecular formula is C20H16F2N2O4S. The first-order valence-corrected chi connectivity index (χ1v) is 9.39. The van der Waals surface area contributed by atoms with Crippen LogP contribution in [0.15, 0.2) is 59.5 Å². The van der Waals surface area contributed by atoms with E-state index < -0.39 is 17.8 Å². The van der Waals surface area contributed by atoms with Crippen molar-refractivity contribution < 1.29 is 27.9 Å². The number of nitrogens with zero attached hydrogens (tertiary/aromatic N) is 1. The normalized spacial score (nSPS) is 15.3. The Morgan fingerprint density at radius 2 is 1.79 bits per heavy atom. The molecule has 0 unspecified atom stereocenters. The smallest absolute Gasteiger partial charge is 0.387 e. The molecule has 3 rings (SSSR count). The summed E-state index contributed by atoms with van der Waals surface area (Å²) in [5.74, 6) is -0.763. The molecule has 3 amide bonds. The summed E-state index contributed by atoms with van der Waals surface area (Å²) in [6.07, 6.45) is 1.50. The lowest BCUT2D eigenvalue weighted by Gasteiger charge is -2.13. The average Bonchev–Trinajstić information content (AvgIpc) is 2.97. The number of halogens is 2. The number of hydrogen-bond donors (Lipinski definition) is 1. The number of hydrogen-bond acceptors (Lipinski definition) is 5. The highest BCUT2D eigenvalue weighted by Crippen LogP contribution is 2.32. The van der Waals surface area contributed by atoms with Gasteiger partial charge in [0.25, 0.3) is 17.1 Å². The molecular weight excluding hydrogens is 402 g/mol. The quantitative estimate of drug-likeness (QED) is 0.693. The number of thioether (sulfide) groups is 1. The first kappa shape index (κ1) is 20.5.